The molecule has 156 valence electrons. The Balaban J connectivity index is 1.54. The zero-order chi connectivity index (χ0) is 20.8. The molecule has 0 saturated carbocycles. The van der Waals surface area contributed by atoms with Gasteiger partial charge in [0.15, 0.2) is 11.5 Å². The van der Waals surface area contributed by atoms with E-state index in [9.17, 15) is 4.79 Å². The Hall–Kier alpha value is -2.89. The summed E-state index contributed by atoms with van der Waals surface area (Å²) in [6, 6.07) is 14.2. The summed E-state index contributed by atoms with van der Waals surface area (Å²) < 4.78 is 10.8. The summed E-state index contributed by atoms with van der Waals surface area (Å²) in [6.45, 7) is 5.84. The Kier molecular flexibility index (Phi) is 6.86. The smallest absolute Gasteiger partial charge is 0.315 e. The third-order valence-corrected chi connectivity index (χ3v) is 5.60. The fourth-order valence-corrected chi connectivity index (χ4v) is 3.99. The van der Waals surface area contributed by atoms with Gasteiger partial charge in [-0.2, -0.15) is 0 Å². The second-order valence-electron chi connectivity index (χ2n) is 7.45. The highest BCUT2D eigenvalue weighted by Crippen LogP contribution is 2.35. The Bertz CT molecular complexity index is 818. The van der Waals surface area contributed by atoms with Crippen LogP contribution < -0.4 is 25.0 Å². The number of benzene rings is 2. The van der Waals surface area contributed by atoms with Crippen LogP contribution in [0.5, 0.6) is 11.5 Å². The summed E-state index contributed by atoms with van der Waals surface area (Å²) in [5, 5.41) is 6.19. The minimum absolute atomic E-state index is 0.134. The second kappa shape index (κ2) is 9.54. The van der Waals surface area contributed by atoms with Crippen molar-refractivity contribution in [3.63, 3.8) is 0 Å². The standard InChI is InChI=1S/C23H31N3O3/c1-16-20(10-11-21(28-3)22(16)29-4)17(2)24-23(27)25-18-12-14-26(15-13-18)19-8-6-5-7-9-19/h5-11,17-18H,12-15H2,1-4H3,(H2,24,25,27). The number of anilines is 1. The number of rotatable bonds is 6. The molecular weight excluding hydrogens is 366 g/mol. The van der Waals surface area contributed by atoms with E-state index in [-0.39, 0.29) is 18.1 Å². The van der Waals surface area contributed by atoms with Gasteiger partial charge in [0, 0.05) is 30.4 Å². The van der Waals surface area contributed by atoms with Gasteiger partial charge in [-0.1, -0.05) is 24.3 Å². The molecule has 1 unspecified atom stereocenters. The van der Waals surface area contributed by atoms with E-state index in [1.54, 1.807) is 14.2 Å². The molecule has 0 spiro atoms. The van der Waals surface area contributed by atoms with Crippen LogP contribution in [0.4, 0.5) is 10.5 Å². The molecule has 0 bridgehead atoms. The number of nitrogens with one attached hydrogen (secondary N) is 2. The fraction of sp³-hybridized carbons (Fsp3) is 0.435. The SMILES string of the molecule is COc1ccc(C(C)NC(=O)NC2CCN(c3ccccc3)CC2)c(C)c1OC. The quantitative estimate of drug-likeness (QED) is 0.772. The van der Waals surface area contributed by atoms with E-state index in [1.165, 1.54) is 5.69 Å². The van der Waals surface area contributed by atoms with Crippen LogP contribution >= 0.6 is 0 Å². The van der Waals surface area contributed by atoms with Gasteiger partial charge >= 0.3 is 6.03 Å². The zero-order valence-corrected chi connectivity index (χ0v) is 17.7. The molecule has 0 aromatic heterocycles. The van der Waals surface area contributed by atoms with E-state index >= 15 is 0 Å². The minimum atomic E-state index is -0.140. The van der Waals surface area contributed by atoms with Crippen LogP contribution in [-0.4, -0.2) is 39.4 Å². The molecule has 2 aromatic rings. The number of ether oxygens (including phenoxy) is 2. The average Bonchev–Trinajstić information content (AvgIpc) is 2.74. The lowest BCUT2D eigenvalue weighted by molar-refractivity contribution is 0.231. The van der Waals surface area contributed by atoms with Crippen LogP contribution in [0.25, 0.3) is 0 Å². The number of urea groups is 1. The molecule has 2 N–H and O–H groups in total. The molecule has 0 aliphatic carbocycles. The van der Waals surface area contributed by atoms with Gasteiger partial charge in [-0.05, 0) is 50.5 Å². The lowest BCUT2D eigenvalue weighted by Gasteiger charge is -2.34. The van der Waals surface area contributed by atoms with Crippen molar-refractivity contribution in [2.75, 3.05) is 32.2 Å². The van der Waals surface area contributed by atoms with Crippen LogP contribution in [-0.2, 0) is 0 Å². The number of hydrogen-bond acceptors (Lipinski definition) is 4. The summed E-state index contributed by atoms with van der Waals surface area (Å²) in [7, 11) is 3.25. The summed E-state index contributed by atoms with van der Waals surface area (Å²) in [6.07, 6.45) is 1.87. The summed E-state index contributed by atoms with van der Waals surface area (Å²) in [5.74, 6) is 1.39. The lowest BCUT2D eigenvalue weighted by Crippen LogP contribution is -2.48. The van der Waals surface area contributed by atoms with Gasteiger partial charge in [-0.25, -0.2) is 4.79 Å². The number of nitrogens with zero attached hydrogens (tertiary/aromatic N) is 1. The number of methoxy groups -OCH3 is 2. The van der Waals surface area contributed by atoms with Gasteiger partial charge < -0.3 is 25.0 Å². The maximum absolute atomic E-state index is 12.5. The summed E-state index contributed by atoms with van der Waals surface area (Å²) in [5.41, 5.74) is 3.22. The van der Waals surface area contributed by atoms with Gasteiger partial charge in [0.25, 0.3) is 0 Å². The number of para-hydroxylation sites is 1. The molecule has 6 nitrogen and oxygen atoms in total. The van der Waals surface area contributed by atoms with Crippen LogP contribution in [0.2, 0.25) is 0 Å². The number of hydrogen-bond donors (Lipinski definition) is 2. The van der Waals surface area contributed by atoms with Crippen LogP contribution in [0.1, 0.15) is 36.9 Å². The van der Waals surface area contributed by atoms with Crippen molar-refractivity contribution in [3.8, 4) is 11.5 Å². The van der Waals surface area contributed by atoms with Crippen LogP contribution in [0.3, 0.4) is 0 Å². The Morgan fingerprint density at radius 1 is 1.07 bits per heavy atom. The van der Waals surface area contributed by atoms with Crippen molar-refractivity contribution in [2.45, 2.75) is 38.8 Å². The largest absolute Gasteiger partial charge is 0.493 e. The van der Waals surface area contributed by atoms with Gasteiger partial charge in [-0.3, -0.25) is 0 Å². The maximum Gasteiger partial charge on any atom is 0.315 e. The molecule has 3 rings (SSSR count). The van der Waals surface area contributed by atoms with Crippen LogP contribution in [0, 0.1) is 6.92 Å². The number of carbonyl (C=O) groups excluding carboxylic acids is 1. The van der Waals surface area contributed by atoms with E-state index in [0.717, 1.165) is 37.1 Å². The predicted octanol–water partition coefficient (Wildman–Crippen LogP) is 4.04. The highest BCUT2D eigenvalue weighted by atomic mass is 16.5. The molecule has 1 atom stereocenters. The molecule has 6 heteroatoms. The van der Waals surface area contributed by atoms with E-state index < -0.39 is 0 Å². The van der Waals surface area contributed by atoms with Gasteiger partial charge in [0.05, 0.1) is 20.3 Å². The number of amides is 2. The third-order valence-electron chi connectivity index (χ3n) is 5.60. The predicted molar refractivity (Wildman–Crippen MR) is 116 cm³/mol. The Labute approximate surface area is 173 Å². The highest BCUT2D eigenvalue weighted by molar-refractivity contribution is 5.75. The second-order valence-corrected chi connectivity index (χ2v) is 7.45. The lowest BCUT2D eigenvalue weighted by atomic mass is 10.0. The molecule has 1 saturated heterocycles. The molecule has 0 radical (unpaired) electrons. The van der Waals surface area contributed by atoms with Crippen molar-refractivity contribution >= 4 is 11.7 Å². The van der Waals surface area contributed by atoms with Crippen LogP contribution in [0.15, 0.2) is 42.5 Å². The van der Waals surface area contributed by atoms with Crippen molar-refractivity contribution < 1.29 is 14.3 Å². The van der Waals surface area contributed by atoms with Crippen molar-refractivity contribution in [1.82, 2.24) is 10.6 Å². The Morgan fingerprint density at radius 2 is 1.76 bits per heavy atom. The van der Waals surface area contributed by atoms with Crippen molar-refractivity contribution in [1.29, 1.82) is 0 Å². The van der Waals surface area contributed by atoms with Crippen molar-refractivity contribution in [3.05, 3.63) is 53.6 Å². The van der Waals surface area contributed by atoms with Gasteiger partial charge in [0.2, 0.25) is 0 Å². The molecule has 1 aliphatic rings. The van der Waals surface area contributed by atoms with Gasteiger partial charge in [-0.15, -0.1) is 0 Å². The first kappa shape index (κ1) is 20.8. The van der Waals surface area contributed by atoms with E-state index in [4.69, 9.17) is 9.47 Å². The van der Waals surface area contributed by atoms with Crippen molar-refractivity contribution in [2.24, 2.45) is 0 Å². The number of carbonyl (C=O) groups is 1. The fourth-order valence-electron chi connectivity index (χ4n) is 3.99. The monoisotopic (exact) mass is 397 g/mol. The molecule has 2 aromatic carbocycles. The van der Waals surface area contributed by atoms with E-state index in [1.807, 2.05) is 32.0 Å². The first-order chi connectivity index (χ1) is 14.0. The highest BCUT2D eigenvalue weighted by Gasteiger charge is 2.22. The molecule has 1 fully saturated rings. The third kappa shape index (κ3) is 4.94. The zero-order valence-electron chi connectivity index (χ0n) is 17.7. The molecule has 1 heterocycles. The Morgan fingerprint density at radius 3 is 2.38 bits per heavy atom. The molecule has 2 amide bonds. The van der Waals surface area contributed by atoms with E-state index in [0.29, 0.717) is 11.5 Å². The first-order valence-electron chi connectivity index (χ1n) is 10.1. The molecule has 1 aliphatic heterocycles. The molecular formula is C23H31N3O3. The topological polar surface area (TPSA) is 62.8 Å². The maximum atomic E-state index is 12.5. The molecule has 29 heavy (non-hydrogen) atoms. The summed E-state index contributed by atoms with van der Waals surface area (Å²) >= 11 is 0. The average molecular weight is 398 g/mol. The summed E-state index contributed by atoms with van der Waals surface area (Å²) in [4.78, 5) is 14.9. The van der Waals surface area contributed by atoms with E-state index in [2.05, 4.69) is 39.8 Å². The van der Waals surface area contributed by atoms with Gasteiger partial charge in [0.1, 0.15) is 0 Å². The minimum Gasteiger partial charge on any atom is -0.493 e. The number of piperidine rings is 1. The normalized spacial score (nSPS) is 15.5. The first-order valence-corrected chi connectivity index (χ1v) is 10.1.